The highest BCUT2D eigenvalue weighted by Crippen LogP contribution is 2.35. The van der Waals surface area contributed by atoms with Crippen LogP contribution in [0.3, 0.4) is 0 Å². The lowest BCUT2D eigenvalue weighted by Gasteiger charge is -2.17. The number of hydrogen-bond acceptors (Lipinski definition) is 3. The van der Waals surface area contributed by atoms with E-state index in [2.05, 4.69) is 9.97 Å². The molecule has 33 heavy (non-hydrogen) atoms. The molecule has 2 heterocycles. The van der Waals surface area contributed by atoms with E-state index < -0.39 is 34.4 Å². The topological polar surface area (TPSA) is 47.8 Å². The number of fused-ring (bicyclic) bond motifs is 1. The van der Waals surface area contributed by atoms with E-state index >= 15 is 0 Å². The number of benzene rings is 2. The van der Waals surface area contributed by atoms with Crippen molar-refractivity contribution in [1.29, 1.82) is 0 Å². The van der Waals surface area contributed by atoms with E-state index in [1.54, 1.807) is 37.3 Å². The summed E-state index contributed by atoms with van der Waals surface area (Å²) in [5, 5.41) is -0.751. The zero-order valence-corrected chi connectivity index (χ0v) is 17.0. The number of aromatic nitrogens is 3. The Morgan fingerprint density at radius 3 is 2.03 bits per heavy atom. The Bertz CT molecular complexity index is 1370. The van der Waals surface area contributed by atoms with E-state index in [1.165, 1.54) is 0 Å². The van der Waals surface area contributed by atoms with Crippen molar-refractivity contribution < 1.29 is 26.3 Å². The maximum Gasteiger partial charge on any atom is 0.417 e. The molecule has 2 aromatic heterocycles. The predicted octanol–water partition coefficient (Wildman–Crippen LogP) is 6.05. The van der Waals surface area contributed by atoms with Gasteiger partial charge in [0.15, 0.2) is 5.65 Å². The maximum absolute atomic E-state index is 14.0. The van der Waals surface area contributed by atoms with E-state index in [0.717, 1.165) is 34.9 Å². The molecule has 10 heteroatoms. The fourth-order valence-electron chi connectivity index (χ4n) is 3.51. The largest absolute Gasteiger partial charge is 0.417 e. The van der Waals surface area contributed by atoms with Crippen LogP contribution in [0.4, 0.5) is 26.3 Å². The molecule has 4 nitrogen and oxygen atoms in total. The molecule has 0 saturated heterocycles. The summed E-state index contributed by atoms with van der Waals surface area (Å²) < 4.78 is 81.5. The van der Waals surface area contributed by atoms with Crippen molar-refractivity contribution in [1.82, 2.24) is 14.5 Å². The average Bonchev–Trinajstić information content (AvgIpc) is 2.77. The lowest BCUT2D eigenvalue weighted by atomic mass is 10.1. The zero-order chi connectivity index (χ0) is 24.0. The SMILES string of the molecule is CCc1nc2nc(-c3ccccc3)cc(C(F)(F)F)c2c(=O)n1-c1ccc(C(F)(F)F)cc1. The van der Waals surface area contributed by atoms with Crippen LogP contribution < -0.4 is 5.56 Å². The van der Waals surface area contributed by atoms with E-state index in [0.29, 0.717) is 5.56 Å². The summed E-state index contributed by atoms with van der Waals surface area (Å²) in [5.74, 6) is 0.0677. The molecule has 0 spiro atoms. The van der Waals surface area contributed by atoms with Gasteiger partial charge in [-0.2, -0.15) is 26.3 Å². The van der Waals surface area contributed by atoms with Gasteiger partial charge in [-0.05, 0) is 30.3 Å². The average molecular weight is 463 g/mol. The second-order valence-electron chi connectivity index (χ2n) is 7.18. The van der Waals surface area contributed by atoms with Crippen LogP contribution in [0.5, 0.6) is 0 Å². The van der Waals surface area contributed by atoms with Crippen LogP contribution in [0, 0.1) is 0 Å². The molecule has 0 bridgehead atoms. The van der Waals surface area contributed by atoms with Gasteiger partial charge in [-0.1, -0.05) is 37.3 Å². The molecule has 0 aliphatic carbocycles. The summed E-state index contributed by atoms with van der Waals surface area (Å²) >= 11 is 0. The Morgan fingerprint density at radius 1 is 0.848 bits per heavy atom. The third-order valence-corrected chi connectivity index (χ3v) is 5.05. The molecule has 0 N–H and O–H groups in total. The number of pyridine rings is 1. The van der Waals surface area contributed by atoms with Gasteiger partial charge in [0.25, 0.3) is 5.56 Å². The lowest BCUT2D eigenvalue weighted by molar-refractivity contribution is -0.138. The van der Waals surface area contributed by atoms with Crippen molar-refractivity contribution in [3.8, 4) is 16.9 Å². The van der Waals surface area contributed by atoms with Crippen molar-refractivity contribution >= 4 is 11.0 Å². The molecule has 0 saturated carbocycles. The van der Waals surface area contributed by atoms with Crippen LogP contribution in [0.15, 0.2) is 65.5 Å². The molecule has 0 atom stereocenters. The second-order valence-corrected chi connectivity index (χ2v) is 7.18. The van der Waals surface area contributed by atoms with Gasteiger partial charge in [0.2, 0.25) is 0 Å². The summed E-state index contributed by atoms with van der Waals surface area (Å²) in [6.07, 6.45) is -9.36. The van der Waals surface area contributed by atoms with Gasteiger partial charge >= 0.3 is 12.4 Å². The number of alkyl halides is 6. The second kappa shape index (κ2) is 8.02. The molecule has 4 rings (SSSR count). The third-order valence-electron chi connectivity index (χ3n) is 5.05. The minimum atomic E-state index is -4.89. The Balaban J connectivity index is 2.03. The van der Waals surface area contributed by atoms with Crippen molar-refractivity contribution in [2.24, 2.45) is 0 Å². The number of halogens is 6. The monoisotopic (exact) mass is 463 g/mol. The molecule has 0 unspecified atom stereocenters. The highest BCUT2D eigenvalue weighted by molar-refractivity contribution is 5.82. The standard InChI is InChI=1S/C23H15F6N3O/c1-2-18-31-20-19(21(33)32(18)15-10-8-14(9-11-15)22(24,25)26)16(23(27,28)29)12-17(30-20)13-6-4-3-5-7-13/h3-12H,2H2,1H3. The first kappa shape index (κ1) is 22.5. The number of nitrogens with zero attached hydrogens (tertiary/aromatic N) is 3. The number of rotatable bonds is 3. The van der Waals surface area contributed by atoms with Crippen molar-refractivity contribution in [3.63, 3.8) is 0 Å². The fraction of sp³-hybridized carbons (Fsp3) is 0.174. The first-order valence-corrected chi connectivity index (χ1v) is 9.77. The van der Waals surface area contributed by atoms with Crippen LogP contribution >= 0.6 is 0 Å². The van der Waals surface area contributed by atoms with Gasteiger partial charge in [0.1, 0.15) is 5.82 Å². The smallest absolute Gasteiger partial charge is 0.268 e. The molecule has 0 fully saturated rings. The van der Waals surface area contributed by atoms with Crippen LogP contribution in [0.1, 0.15) is 23.9 Å². The van der Waals surface area contributed by atoms with E-state index in [1.807, 2.05) is 0 Å². The minimum absolute atomic E-state index is 0.00309. The predicted molar refractivity (Wildman–Crippen MR) is 110 cm³/mol. The maximum atomic E-state index is 14.0. The van der Waals surface area contributed by atoms with Gasteiger partial charge < -0.3 is 0 Å². The molecule has 0 aliphatic heterocycles. The van der Waals surface area contributed by atoms with Gasteiger partial charge in [0.05, 0.1) is 27.9 Å². The minimum Gasteiger partial charge on any atom is -0.268 e. The van der Waals surface area contributed by atoms with Crippen molar-refractivity contribution in [3.05, 3.63) is 88.0 Å². The van der Waals surface area contributed by atoms with Crippen molar-refractivity contribution in [2.45, 2.75) is 25.7 Å². The summed E-state index contributed by atoms with van der Waals surface area (Å²) in [6, 6.07) is 12.5. The first-order chi connectivity index (χ1) is 15.5. The summed E-state index contributed by atoms with van der Waals surface area (Å²) in [4.78, 5) is 21.7. The van der Waals surface area contributed by atoms with Gasteiger partial charge in [-0.25, -0.2) is 9.97 Å². The third kappa shape index (κ3) is 4.20. The normalized spacial score (nSPS) is 12.3. The molecule has 0 amide bonds. The molecule has 170 valence electrons. The molecule has 4 aromatic rings. The Morgan fingerprint density at radius 2 is 1.48 bits per heavy atom. The van der Waals surface area contributed by atoms with Crippen LogP contribution in [-0.2, 0) is 18.8 Å². The molecular weight excluding hydrogens is 448 g/mol. The Kier molecular flexibility index (Phi) is 5.47. The summed E-state index contributed by atoms with van der Waals surface area (Å²) in [6.45, 7) is 1.62. The Hall–Kier alpha value is -3.69. The fourth-order valence-corrected chi connectivity index (χ4v) is 3.51. The van der Waals surface area contributed by atoms with Crippen LogP contribution in [-0.4, -0.2) is 14.5 Å². The van der Waals surface area contributed by atoms with Gasteiger partial charge in [-0.3, -0.25) is 9.36 Å². The van der Waals surface area contributed by atoms with Crippen LogP contribution in [0.25, 0.3) is 28.0 Å². The van der Waals surface area contributed by atoms with Crippen LogP contribution in [0.2, 0.25) is 0 Å². The zero-order valence-electron chi connectivity index (χ0n) is 17.0. The highest BCUT2D eigenvalue weighted by Gasteiger charge is 2.36. The highest BCUT2D eigenvalue weighted by atomic mass is 19.4. The van der Waals surface area contributed by atoms with Crippen molar-refractivity contribution in [2.75, 3.05) is 0 Å². The quantitative estimate of drug-likeness (QED) is 0.348. The number of aryl methyl sites for hydroxylation is 1. The molecule has 2 aromatic carbocycles. The first-order valence-electron chi connectivity index (χ1n) is 9.77. The molecular formula is C23H15F6N3O. The van der Waals surface area contributed by atoms with Gasteiger partial charge in [-0.15, -0.1) is 0 Å². The molecule has 0 radical (unpaired) electrons. The summed E-state index contributed by atoms with van der Waals surface area (Å²) in [5.41, 5.74) is -3.22. The van der Waals surface area contributed by atoms with E-state index in [4.69, 9.17) is 0 Å². The van der Waals surface area contributed by atoms with E-state index in [9.17, 15) is 31.1 Å². The Labute approximate surface area is 183 Å². The molecule has 0 aliphatic rings. The number of hydrogen-bond donors (Lipinski definition) is 0. The lowest BCUT2D eigenvalue weighted by Crippen LogP contribution is -2.26. The van der Waals surface area contributed by atoms with E-state index in [-0.39, 0.29) is 29.3 Å². The van der Waals surface area contributed by atoms with Gasteiger partial charge in [0, 0.05) is 12.0 Å². The summed E-state index contributed by atoms with van der Waals surface area (Å²) in [7, 11) is 0.